The first-order valence-corrected chi connectivity index (χ1v) is 10.3. The van der Waals surface area contributed by atoms with Gasteiger partial charge in [0.15, 0.2) is 11.5 Å². The fraction of sp³-hybridized carbons (Fsp3) is 0.182. The molecule has 0 aliphatic rings. The third-order valence-corrected chi connectivity index (χ3v) is 6.41. The van der Waals surface area contributed by atoms with E-state index in [2.05, 4.69) is 0 Å². The van der Waals surface area contributed by atoms with Crippen LogP contribution in [-0.4, -0.2) is 22.6 Å². The Labute approximate surface area is 166 Å². The maximum absolute atomic E-state index is 13.5. The average molecular weight is 397 g/mol. The molecule has 0 aromatic heterocycles. The number of anilines is 1. The first kappa shape index (κ1) is 19.8. The lowest BCUT2D eigenvalue weighted by molar-refractivity contribution is 0.354. The van der Waals surface area contributed by atoms with Crippen molar-refractivity contribution < 1.29 is 17.9 Å². The van der Waals surface area contributed by atoms with Crippen LogP contribution in [0.2, 0.25) is 0 Å². The van der Waals surface area contributed by atoms with E-state index in [-0.39, 0.29) is 6.54 Å². The van der Waals surface area contributed by atoms with Gasteiger partial charge >= 0.3 is 0 Å². The van der Waals surface area contributed by atoms with Gasteiger partial charge in [0.2, 0.25) is 0 Å². The number of ether oxygens (including phenoxy) is 2. The molecule has 0 spiro atoms. The van der Waals surface area contributed by atoms with Crippen molar-refractivity contribution in [1.29, 1.82) is 0 Å². The van der Waals surface area contributed by atoms with Crippen LogP contribution in [-0.2, 0) is 16.6 Å². The lowest BCUT2D eigenvalue weighted by Gasteiger charge is -2.26. The third kappa shape index (κ3) is 3.97. The van der Waals surface area contributed by atoms with Crippen molar-refractivity contribution >= 4 is 15.7 Å². The predicted molar refractivity (Wildman–Crippen MR) is 111 cm³/mol. The molecule has 146 valence electrons. The van der Waals surface area contributed by atoms with Crippen LogP contribution in [0.15, 0.2) is 77.7 Å². The summed E-state index contributed by atoms with van der Waals surface area (Å²) in [4.78, 5) is 0.291. The topological polar surface area (TPSA) is 55.8 Å². The summed E-state index contributed by atoms with van der Waals surface area (Å²) in [5, 5.41) is 0. The van der Waals surface area contributed by atoms with Crippen LogP contribution in [0.3, 0.4) is 0 Å². The summed E-state index contributed by atoms with van der Waals surface area (Å²) < 4.78 is 39.1. The van der Waals surface area contributed by atoms with Crippen LogP contribution in [0, 0.1) is 6.92 Å². The highest BCUT2D eigenvalue weighted by Gasteiger charge is 2.26. The van der Waals surface area contributed by atoms with Gasteiger partial charge in [-0.15, -0.1) is 0 Å². The number of hydrogen-bond acceptors (Lipinski definition) is 4. The molecule has 0 saturated heterocycles. The quantitative estimate of drug-likeness (QED) is 0.593. The molecule has 3 aromatic carbocycles. The molecule has 0 saturated carbocycles. The van der Waals surface area contributed by atoms with Crippen LogP contribution in [0.1, 0.15) is 11.1 Å². The molecule has 0 radical (unpaired) electrons. The molecular formula is C22H23NO4S. The number of para-hydroxylation sites is 1. The number of benzene rings is 3. The van der Waals surface area contributed by atoms with Crippen LogP contribution in [0.5, 0.6) is 11.5 Å². The summed E-state index contributed by atoms with van der Waals surface area (Å²) in [5.74, 6) is 1.15. The number of sulfonamides is 1. The van der Waals surface area contributed by atoms with E-state index in [1.807, 2.05) is 30.3 Å². The normalized spacial score (nSPS) is 11.1. The Balaban J connectivity index is 2.08. The molecule has 3 aromatic rings. The highest BCUT2D eigenvalue weighted by Crippen LogP contribution is 2.31. The Hall–Kier alpha value is -2.99. The fourth-order valence-electron chi connectivity index (χ4n) is 3.02. The van der Waals surface area contributed by atoms with Gasteiger partial charge in [-0.1, -0.05) is 42.5 Å². The second-order valence-electron chi connectivity index (χ2n) is 6.30. The Morgan fingerprint density at radius 3 is 2.11 bits per heavy atom. The van der Waals surface area contributed by atoms with Gasteiger partial charge in [-0.05, 0) is 48.4 Å². The number of methoxy groups -OCH3 is 2. The molecule has 0 amide bonds. The van der Waals surface area contributed by atoms with Gasteiger partial charge in [-0.25, -0.2) is 8.42 Å². The van der Waals surface area contributed by atoms with Crippen LogP contribution in [0.25, 0.3) is 0 Å². The Bertz CT molecular complexity index is 1050. The van der Waals surface area contributed by atoms with E-state index in [1.54, 1.807) is 63.6 Å². The van der Waals surface area contributed by atoms with E-state index in [4.69, 9.17) is 9.47 Å². The van der Waals surface area contributed by atoms with Gasteiger partial charge in [-0.3, -0.25) is 4.31 Å². The van der Waals surface area contributed by atoms with E-state index in [0.717, 1.165) is 5.56 Å². The minimum Gasteiger partial charge on any atom is -0.493 e. The van der Waals surface area contributed by atoms with Crippen molar-refractivity contribution in [1.82, 2.24) is 0 Å². The zero-order chi connectivity index (χ0) is 20.1. The minimum absolute atomic E-state index is 0.168. The van der Waals surface area contributed by atoms with Gasteiger partial charge in [0.25, 0.3) is 10.0 Å². The van der Waals surface area contributed by atoms with Crippen molar-refractivity contribution in [2.45, 2.75) is 18.4 Å². The van der Waals surface area contributed by atoms with E-state index >= 15 is 0 Å². The maximum Gasteiger partial charge on any atom is 0.264 e. The van der Waals surface area contributed by atoms with E-state index < -0.39 is 10.0 Å². The fourth-order valence-corrected chi connectivity index (χ4v) is 4.70. The van der Waals surface area contributed by atoms with E-state index in [0.29, 0.717) is 27.6 Å². The van der Waals surface area contributed by atoms with Crippen LogP contribution < -0.4 is 13.8 Å². The predicted octanol–water partition coefficient (Wildman–Crippen LogP) is 4.41. The highest BCUT2D eigenvalue weighted by atomic mass is 32.2. The zero-order valence-corrected chi connectivity index (χ0v) is 16.9. The van der Waals surface area contributed by atoms with E-state index in [1.165, 1.54) is 4.31 Å². The number of nitrogens with zero attached hydrogens (tertiary/aromatic N) is 1. The first-order valence-electron chi connectivity index (χ1n) is 8.81. The Kier molecular flexibility index (Phi) is 5.90. The molecule has 0 bridgehead atoms. The molecule has 6 heteroatoms. The lowest BCUT2D eigenvalue weighted by atomic mass is 10.2. The molecule has 0 N–H and O–H groups in total. The smallest absolute Gasteiger partial charge is 0.264 e. The summed E-state index contributed by atoms with van der Waals surface area (Å²) in [6.07, 6.45) is 0. The first-order chi connectivity index (χ1) is 13.5. The van der Waals surface area contributed by atoms with Gasteiger partial charge in [-0.2, -0.15) is 0 Å². The molecule has 28 heavy (non-hydrogen) atoms. The number of aryl methyl sites for hydroxylation is 1. The molecular weight excluding hydrogens is 374 g/mol. The zero-order valence-electron chi connectivity index (χ0n) is 16.1. The van der Waals surface area contributed by atoms with Gasteiger partial charge in [0.1, 0.15) is 0 Å². The molecule has 0 unspecified atom stereocenters. The molecule has 5 nitrogen and oxygen atoms in total. The second-order valence-corrected chi connectivity index (χ2v) is 8.13. The molecule has 0 atom stereocenters. The van der Waals surface area contributed by atoms with Crippen LogP contribution in [0.4, 0.5) is 5.69 Å². The minimum atomic E-state index is -3.76. The van der Waals surface area contributed by atoms with Crippen molar-refractivity contribution in [2.24, 2.45) is 0 Å². The summed E-state index contributed by atoms with van der Waals surface area (Å²) in [5.41, 5.74) is 2.09. The standard InChI is InChI=1S/C22H23NO4S/c1-17-9-7-8-12-22(17)28(24,25)23(19-10-5-4-6-11-19)16-18-13-14-20(26-2)21(15-18)27-3/h4-15H,16H2,1-3H3. The molecule has 0 heterocycles. The molecule has 3 rings (SSSR count). The third-order valence-electron chi connectivity index (χ3n) is 4.48. The summed E-state index contributed by atoms with van der Waals surface area (Å²) >= 11 is 0. The van der Waals surface area contributed by atoms with Crippen LogP contribution >= 0.6 is 0 Å². The second kappa shape index (κ2) is 8.35. The highest BCUT2D eigenvalue weighted by molar-refractivity contribution is 7.92. The Morgan fingerprint density at radius 2 is 1.46 bits per heavy atom. The van der Waals surface area contributed by atoms with Crippen molar-refractivity contribution in [3.8, 4) is 11.5 Å². The lowest BCUT2D eigenvalue weighted by Crippen LogP contribution is -2.31. The van der Waals surface area contributed by atoms with Crippen molar-refractivity contribution in [2.75, 3.05) is 18.5 Å². The summed E-state index contributed by atoms with van der Waals surface area (Å²) in [6.45, 7) is 1.97. The Morgan fingerprint density at radius 1 is 0.821 bits per heavy atom. The summed E-state index contributed by atoms with van der Waals surface area (Å²) in [7, 11) is -0.635. The van der Waals surface area contributed by atoms with Crippen molar-refractivity contribution in [3.63, 3.8) is 0 Å². The maximum atomic E-state index is 13.5. The van der Waals surface area contributed by atoms with Gasteiger partial charge in [0, 0.05) is 0 Å². The van der Waals surface area contributed by atoms with Gasteiger partial charge < -0.3 is 9.47 Å². The number of rotatable bonds is 7. The average Bonchev–Trinajstić information content (AvgIpc) is 2.72. The summed E-state index contributed by atoms with van der Waals surface area (Å²) in [6, 6.07) is 21.5. The monoisotopic (exact) mass is 397 g/mol. The molecule has 0 aliphatic heterocycles. The SMILES string of the molecule is COc1ccc(CN(c2ccccc2)S(=O)(=O)c2ccccc2C)cc1OC. The molecule has 0 fully saturated rings. The van der Waals surface area contributed by atoms with Gasteiger partial charge in [0.05, 0.1) is 31.3 Å². The van der Waals surface area contributed by atoms with E-state index in [9.17, 15) is 8.42 Å². The largest absolute Gasteiger partial charge is 0.493 e. The van der Waals surface area contributed by atoms with Crippen molar-refractivity contribution in [3.05, 3.63) is 83.9 Å². The molecule has 0 aliphatic carbocycles. The number of hydrogen-bond donors (Lipinski definition) is 0.